The first-order valence-corrected chi connectivity index (χ1v) is 14.5. The van der Waals surface area contributed by atoms with Crippen molar-refractivity contribution >= 4 is 34.2 Å². The highest BCUT2D eigenvalue weighted by Gasteiger charge is 2.57. The Labute approximate surface area is 227 Å². The minimum Gasteiger partial charge on any atom is -0.297 e. The zero-order chi connectivity index (χ0) is 26.3. The Morgan fingerprint density at radius 3 is 2.54 bits per heavy atom. The summed E-state index contributed by atoms with van der Waals surface area (Å²) in [5.41, 5.74) is 4.25. The number of aromatic nitrogens is 2. The Bertz CT molecular complexity index is 1530. The first kappa shape index (κ1) is 23.4. The van der Waals surface area contributed by atoms with E-state index in [1.807, 2.05) is 24.4 Å². The average Bonchev–Trinajstić information content (AvgIpc) is 3.87. The molecule has 3 aliphatic heterocycles. The van der Waals surface area contributed by atoms with Crippen LogP contribution < -0.4 is 10.2 Å². The summed E-state index contributed by atoms with van der Waals surface area (Å²) >= 11 is 0. The molecule has 39 heavy (non-hydrogen) atoms. The van der Waals surface area contributed by atoms with Gasteiger partial charge in [-0.05, 0) is 79.5 Å². The van der Waals surface area contributed by atoms with E-state index in [0.29, 0.717) is 23.6 Å². The molecule has 3 amide bonds. The zero-order valence-corrected chi connectivity index (χ0v) is 22.1. The molecule has 0 spiro atoms. The van der Waals surface area contributed by atoms with Crippen LogP contribution in [0, 0.1) is 5.92 Å². The fourth-order valence-corrected chi connectivity index (χ4v) is 7.65. The molecule has 4 fully saturated rings. The summed E-state index contributed by atoms with van der Waals surface area (Å²) in [6.45, 7) is 2.37. The standard InChI is InChI=1S/C31H33N5O3/c37-27-9-8-26(29(38)33-27)36-25-7-4-20(23-2-1-3-24(28(23)25)30(36)39)16-19-17-32-35(18-19)22-10-14-34(15-11-22)31(12-13-31)21-5-6-21/h1-4,7,17-18,21-22,26H,5-6,8-16H2,(H,33,37,38). The van der Waals surface area contributed by atoms with Gasteiger partial charge in [0.2, 0.25) is 11.8 Å². The van der Waals surface area contributed by atoms with Crippen LogP contribution in [0.3, 0.4) is 0 Å². The maximum atomic E-state index is 13.4. The number of rotatable bonds is 6. The predicted octanol–water partition coefficient (Wildman–Crippen LogP) is 3.97. The van der Waals surface area contributed by atoms with Crippen molar-refractivity contribution in [1.29, 1.82) is 0 Å². The van der Waals surface area contributed by atoms with E-state index >= 15 is 0 Å². The highest BCUT2D eigenvalue weighted by molar-refractivity contribution is 6.27. The number of carbonyl (C=O) groups is 3. The van der Waals surface area contributed by atoms with Crippen LogP contribution in [0.5, 0.6) is 0 Å². The van der Waals surface area contributed by atoms with E-state index in [9.17, 15) is 14.4 Å². The first-order chi connectivity index (χ1) is 19.0. The second kappa shape index (κ2) is 8.49. The third kappa shape index (κ3) is 3.68. The number of nitrogens with zero attached hydrogens (tertiary/aromatic N) is 4. The summed E-state index contributed by atoms with van der Waals surface area (Å²) in [6.07, 6.45) is 13.5. The maximum Gasteiger partial charge on any atom is 0.259 e. The highest BCUT2D eigenvalue weighted by Crippen LogP contribution is 2.58. The van der Waals surface area contributed by atoms with E-state index in [-0.39, 0.29) is 18.2 Å². The van der Waals surface area contributed by atoms with Gasteiger partial charge in [-0.3, -0.25) is 34.2 Å². The van der Waals surface area contributed by atoms with Crippen molar-refractivity contribution in [2.24, 2.45) is 5.92 Å². The van der Waals surface area contributed by atoms with Crippen LogP contribution in [-0.2, 0) is 16.0 Å². The SMILES string of the molecule is O=C1CCC(N2C(=O)c3cccc4c(Cc5cnn(C6CCN(C7(C8CC8)CC7)CC6)c5)ccc2c34)C(=O)N1. The van der Waals surface area contributed by atoms with E-state index in [4.69, 9.17) is 5.10 Å². The lowest BCUT2D eigenvalue weighted by molar-refractivity contribution is -0.134. The normalized spacial score (nSPS) is 25.0. The molecule has 1 aromatic heterocycles. The van der Waals surface area contributed by atoms with Crippen molar-refractivity contribution in [2.45, 2.75) is 75.4 Å². The van der Waals surface area contributed by atoms with E-state index < -0.39 is 11.9 Å². The number of piperidine rings is 2. The lowest BCUT2D eigenvalue weighted by Crippen LogP contribution is -2.53. The highest BCUT2D eigenvalue weighted by atomic mass is 16.2. The molecule has 1 N–H and O–H groups in total. The van der Waals surface area contributed by atoms with Gasteiger partial charge in [-0.25, -0.2) is 0 Å². The number of carbonyl (C=O) groups excluding carboxylic acids is 3. The number of benzene rings is 2. The topological polar surface area (TPSA) is 87.5 Å². The Kier molecular flexibility index (Phi) is 5.09. The fourth-order valence-electron chi connectivity index (χ4n) is 7.65. The van der Waals surface area contributed by atoms with Gasteiger partial charge >= 0.3 is 0 Å². The molecule has 5 aliphatic rings. The molecule has 0 radical (unpaired) electrons. The van der Waals surface area contributed by atoms with Crippen molar-refractivity contribution in [3.05, 3.63) is 59.4 Å². The second-order valence-electron chi connectivity index (χ2n) is 12.2. The van der Waals surface area contributed by atoms with Gasteiger partial charge in [-0.15, -0.1) is 0 Å². The molecule has 2 saturated heterocycles. The van der Waals surface area contributed by atoms with E-state index in [1.54, 1.807) is 4.90 Å². The van der Waals surface area contributed by atoms with Crippen LogP contribution in [0.4, 0.5) is 5.69 Å². The van der Waals surface area contributed by atoms with Gasteiger partial charge in [0, 0.05) is 48.6 Å². The maximum absolute atomic E-state index is 13.4. The van der Waals surface area contributed by atoms with Gasteiger partial charge in [0.05, 0.1) is 17.9 Å². The van der Waals surface area contributed by atoms with Crippen molar-refractivity contribution in [3.63, 3.8) is 0 Å². The third-order valence-corrected chi connectivity index (χ3v) is 9.96. The van der Waals surface area contributed by atoms with Crippen LogP contribution in [0.2, 0.25) is 0 Å². The first-order valence-electron chi connectivity index (χ1n) is 14.5. The lowest BCUT2D eigenvalue weighted by Gasteiger charge is -2.38. The van der Waals surface area contributed by atoms with Crippen LogP contribution >= 0.6 is 0 Å². The monoisotopic (exact) mass is 523 g/mol. The molecular weight excluding hydrogens is 490 g/mol. The van der Waals surface area contributed by atoms with Gasteiger partial charge in [0.1, 0.15) is 6.04 Å². The minimum absolute atomic E-state index is 0.170. The summed E-state index contributed by atoms with van der Waals surface area (Å²) in [6, 6.07) is 9.64. The molecule has 8 nitrogen and oxygen atoms in total. The quantitative estimate of drug-likeness (QED) is 0.494. The summed E-state index contributed by atoms with van der Waals surface area (Å²) < 4.78 is 2.18. The molecule has 8 rings (SSSR count). The molecule has 2 aromatic carbocycles. The van der Waals surface area contributed by atoms with E-state index in [2.05, 4.69) is 33.2 Å². The summed E-state index contributed by atoms with van der Waals surface area (Å²) in [5.74, 6) is 0.116. The van der Waals surface area contributed by atoms with Crippen molar-refractivity contribution < 1.29 is 14.4 Å². The second-order valence-corrected chi connectivity index (χ2v) is 12.2. The molecule has 200 valence electrons. The van der Waals surface area contributed by atoms with Gasteiger partial charge in [0.25, 0.3) is 5.91 Å². The van der Waals surface area contributed by atoms with Gasteiger partial charge in [-0.2, -0.15) is 5.10 Å². The van der Waals surface area contributed by atoms with Crippen molar-refractivity contribution in [3.8, 4) is 0 Å². The van der Waals surface area contributed by atoms with Crippen LogP contribution in [-0.4, -0.2) is 57.1 Å². The van der Waals surface area contributed by atoms with Crippen LogP contribution in [0.1, 0.15) is 78.9 Å². The average molecular weight is 524 g/mol. The van der Waals surface area contributed by atoms with Gasteiger partial charge < -0.3 is 0 Å². The molecule has 1 atom stereocenters. The summed E-state index contributed by atoms with van der Waals surface area (Å²) in [7, 11) is 0. The minimum atomic E-state index is -0.666. The number of hydrogen-bond donors (Lipinski definition) is 1. The molecule has 8 heteroatoms. The Morgan fingerprint density at radius 1 is 0.974 bits per heavy atom. The van der Waals surface area contributed by atoms with Crippen LogP contribution in [0.15, 0.2) is 42.7 Å². The molecule has 4 heterocycles. The molecule has 0 bridgehead atoms. The number of imide groups is 1. The lowest BCUT2D eigenvalue weighted by atomic mass is 9.97. The van der Waals surface area contributed by atoms with E-state index in [1.165, 1.54) is 44.3 Å². The van der Waals surface area contributed by atoms with E-state index in [0.717, 1.165) is 47.2 Å². The fraction of sp³-hybridized carbons (Fsp3) is 0.484. The molecule has 1 unspecified atom stereocenters. The zero-order valence-electron chi connectivity index (χ0n) is 22.1. The van der Waals surface area contributed by atoms with Crippen molar-refractivity contribution in [2.75, 3.05) is 18.0 Å². The molecule has 2 aliphatic carbocycles. The van der Waals surface area contributed by atoms with Gasteiger partial charge in [-0.1, -0.05) is 18.2 Å². The third-order valence-electron chi connectivity index (χ3n) is 9.96. The number of likely N-dealkylation sites (tertiary alicyclic amines) is 1. The largest absolute Gasteiger partial charge is 0.297 e. The summed E-state index contributed by atoms with van der Waals surface area (Å²) in [5, 5.41) is 9.10. The Morgan fingerprint density at radius 2 is 1.79 bits per heavy atom. The molecule has 2 saturated carbocycles. The number of amides is 3. The smallest absolute Gasteiger partial charge is 0.259 e. The Hall–Kier alpha value is -3.52. The number of nitrogens with one attached hydrogen (secondary N) is 1. The summed E-state index contributed by atoms with van der Waals surface area (Å²) in [4.78, 5) is 42.1. The predicted molar refractivity (Wildman–Crippen MR) is 146 cm³/mol. The molecular formula is C31H33N5O3. The van der Waals surface area contributed by atoms with Crippen LogP contribution in [0.25, 0.3) is 10.8 Å². The Balaban J connectivity index is 1.02. The number of anilines is 1. The number of hydrogen-bond acceptors (Lipinski definition) is 5. The van der Waals surface area contributed by atoms with Gasteiger partial charge in [0.15, 0.2) is 0 Å². The molecule has 3 aromatic rings. The van der Waals surface area contributed by atoms with Crippen molar-refractivity contribution in [1.82, 2.24) is 20.0 Å².